The number of carboxylic acids is 1. The second kappa shape index (κ2) is 6.21. The quantitative estimate of drug-likeness (QED) is 0.885. The van der Waals surface area contributed by atoms with Gasteiger partial charge in [0.05, 0.1) is 11.3 Å². The van der Waals surface area contributed by atoms with Crippen LogP contribution in [0.2, 0.25) is 5.02 Å². The van der Waals surface area contributed by atoms with E-state index in [1.807, 2.05) is 0 Å². The average molecular weight is 294 g/mol. The summed E-state index contributed by atoms with van der Waals surface area (Å²) in [6, 6.07) is 5.99. The summed E-state index contributed by atoms with van der Waals surface area (Å²) in [7, 11) is 0. The Kier molecular flexibility index (Phi) is 4.37. The van der Waals surface area contributed by atoms with Crippen molar-refractivity contribution < 1.29 is 14.7 Å². The first kappa shape index (κ1) is 14.1. The maximum atomic E-state index is 11.8. The largest absolute Gasteiger partial charge is 0.478 e. The minimum Gasteiger partial charge on any atom is -0.478 e. The van der Waals surface area contributed by atoms with Crippen LogP contribution in [0.3, 0.4) is 0 Å². The number of anilines is 1. The number of halogens is 1. The Balaban J connectivity index is 2.03. The highest BCUT2D eigenvalue weighted by atomic mass is 35.5. The van der Waals surface area contributed by atoms with Crippen LogP contribution in [0, 0.1) is 0 Å². The topological polar surface area (TPSA) is 84.2 Å². The number of nitrogens with zero attached hydrogens (tertiary/aromatic N) is 2. The molecule has 0 saturated heterocycles. The molecular formula is C13H12ClN3O3. The molecule has 6 nitrogen and oxygen atoms in total. The van der Waals surface area contributed by atoms with Crippen LogP contribution in [-0.4, -0.2) is 26.8 Å². The molecule has 20 heavy (non-hydrogen) atoms. The molecule has 1 aromatic carbocycles. The van der Waals surface area contributed by atoms with Crippen molar-refractivity contribution in [2.45, 2.75) is 13.0 Å². The normalized spacial score (nSPS) is 10.2. The fourth-order valence-electron chi connectivity index (χ4n) is 1.67. The molecule has 0 spiro atoms. The van der Waals surface area contributed by atoms with Crippen molar-refractivity contribution in [3.8, 4) is 0 Å². The average Bonchev–Trinajstić information content (AvgIpc) is 2.89. The SMILES string of the molecule is O=C(CCn1cccn1)Nc1cc(Cl)ccc1C(=O)O. The molecule has 0 atom stereocenters. The van der Waals surface area contributed by atoms with Crippen LogP contribution in [0.15, 0.2) is 36.7 Å². The maximum absolute atomic E-state index is 11.8. The van der Waals surface area contributed by atoms with Crippen LogP contribution in [-0.2, 0) is 11.3 Å². The number of hydrogen-bond acceptors (Lipinski definition) is 3. The Labute approximate surface area is 120 Å². The van der Waals surface area contributed by atoms with Gasteiger partial charge in [-0.2, -0.15) is 5.10 Å². The number of aromatic nitrogens is 2. The van der Waals surface area contributed by atoms with Crippen molar-refractivity contribution in [3.63, 3.8) is 0 Å². The lowest BCUT2D eigenvalue weighted by atomic mass is 10.1. The number of aromatic carboxylic acids is 1. The van der Waals surface area contributed by atoms with Gasteiger partial charge in [-0.05, 0) is 24.3 Å². The van der Waals surface area contributed by atoms with Gasteiger partial charge in [0.2, 0.25) is 5.91 Å². The summed E-state index contributed by atoms with van der Waals surface area (Å²) in [6.45, 7) is 0.418. The molecule has 0 radical (unpaired) electrons. The highest BCUT2D eigenvalue weighted by molar-refractivity contribution is 6.31. The molecule has 2 rings (SSSR count). The standard InChI is InChI=1S/C13H12ClN3O3/c14-9-2-3-10(13(19)20)11(8-9)16-12(18)4-7-17-6-1-5-15-17/h1-3,5-6,8H,4,7H2,(H,16,18)(H,19,20). The van der Waals surface area contributed by atoms with Gasteiger partial charge < -0.3 is 10.4 Å². The molecule has 2 aromatic rings. The first-order valence-corrected chi connectivity index (χ1v) is 6.24. The highest BCUT2D eigenvalue weighted by Crippen LogP contribution is 2.21. The monoisotopic (exact) mass is 293 g/mol. The molecule has 1 amide bonds. The van der Waals surface area contributed by atoms with E-state index in [1.165, 1.54) is 18.2 Å². The molecule has 0 fully saturated rings. The third kappa shape index (κ3) is 3.58. The lowest BCUT2D eigenvalue weighted by Gasteiger charge is -2.09. The zero-order valence-electron chi connectivity index (χ0n) is 10.4. The van der Waals surface area contributed by atoms with Gasteiger partial charge in [-0.3, -0.25) is 9.48 Å². The van der Waals surface area contributed by atoms with Crippen molar-refractivity contribution in [2.75, 3.05) is 5.32 Å². The van der Waals surface area contributed by atoms with Gasteiger partial charge in [0.1, 0.15) is 0 Å². The summed E-state index contributed by atoms with van der Waals surface area (Å²) >= 11 is 5.80. The molecule has 104 valence electrons. The first-order chi connectivity index (χ1) is 9.56. The van der Waals surface area contributed by atoms with E-state index in [2.05, 4.69) is 10.4 Å². The number of carbonyl (C=O) groups is 2. The molecular weight excluding hydrogens is 282 g/mol. The molecule has 1 heterocycles. The Morgan fingerprint density at radius 3 is 2.85 bits per heavy atom. The molecule has 0 aliphatic carbocycles. The van der Waals surface area contributed by atoms with Gasteiger partial charge in [-0.1, -0.05) is 11.6 Å². The third-order valence-electron chi connectivity index (χ3n) is 2.61. The van der Waals surface area contributed by atoms with Crippen molar-refractivity contribution in [1.82, 2.24) is 9.78 Å². The summed E-state index contributed by atoms with van der Waals surface area (Å²) in [5.74, 6) is -1.42. The van der Waals surface area contributed by atoms with E-state index >= 15 is 0 Å². The van der Waals surface area contributed by atoms with Gasteiger partial charge >= 0.3 is 5.97 Å². The van der Waals surface area contributed by atoms with E-state index in [0.29, 0.717) is 11.6 Å². The smallest absolute Gasteiger partial charge is 0.337 e. The Bertz CT molecular complexity index is 626. The van der Waals surface area contributed by atoms with E-state index in [0.717, 1.165) is 0 Å². The fraction of sp³-hybridized carbons (Fsp3) is 0.154. The minimum absolute atomic E-state index is 0.00170. The van der Waals surface area contributed by atoms with E-state index < -0.39 is 5.97 Å². The number of aryl methyl sites for hydroxylation is 1. The predicted octanol–water partition coefficient (Wildman–Crippen LogP) is 2.26. The zero-order valence-corrected chi connectivity index (χ0v) is 11.2. The van der Waals surface area contributed by atoms with Crippen LogP contribution in [0.1, 0.15) is 16.8 Å². The number of rotatable bonds is 5. The molecule has 0 unspecified atom stereocenters. The number of carbonyl (C=O) groups excluding carboxylic acids is 1. The maximum Gasteiger partial charge on any atom is 0.337 e. The second-order valence-electron chi connectivity index (χ2n) is 4.06. The van der Waals surface area contributed by atoms with Crippen LogP contribution < -0.4 is 5.32 Å². The molecule has 2 N–H and O–H groups in total. The van der Waals surface area contributed by atoms with E-state index in [9.17, 15) is 9.59 Å². The molecule has 0 saturated carbocycles. The summed E-state index contributed by atoms with van der Waals surface area (Å²) < 4.78 is 1.62. The molecule has 0 aliphatic heterocycles. The van der Waals surface area contributed by atoms with Crippen LogP contribution in [0.4, 0.5) is 5.69 Å². The van der Waals surface area contributed by atoms with Crippen LogP contribution >= 0.6 is 11.6 Å². The molecule has 7 heteroatoms. The van der Waals surface area contributed by atoms with Gasteiger partial charge in [0, 0.05) is 30.4 Å². The van der Waals surface area contributed by atoms with Crippen LogP contribution in [0.5, 0.6) is 0 Å². The highest BCUT2D eigenvalue weighted by Gasteiger charge is 2.13. The van der Waals surface area contributed by atoms with E-state index in [4.69, 9.17) is 16.7 Å². The number of amides is 1. The second-order valence-corrected chi connectivity index (χ2v) is 4.50. The van der Waals surface area contributed by atoms with Gasteiger partial charge in [-0.15, -0.1) is 0 Å². The Morgan fingerprint density at radius 1 is 1.40 bits per heavy atom. The zero-order chi connectivity index (χ0) is 14.5. The third-order valence-corrected chi connectivity index (χ3v) is 2.85. The Morgan fingerprint density at radius 2 is 2.20 bits per heavy atom. The van der Waals surface area contributed by atoms with Crippen molar-refractivity contribution in [3.05, 3.63) is 47.2 Å². The lowest BCUT2D eigenvalue weighted by Crippen LogP contribution is -2.16. The number of hydrogen-bond donors (Lipinski definition) is 2. The van der Waals surface area contributed by atoms with E-state index in [-0.39, 0.29) is 23.6 Å². The number of carboxylic acid groups (broad SMARTS) is 1. The summed E-state index contributed by atoms with van der Waals surface area (Å²) in [6.07, 6.45) is 3.56. The predicted molar refractivity (Wildman–Crippen MR) is 73.9 cm³/mol. The van der Waals surface area contributed by atoms with Crippen molar-refractivity contribution in [1.29, 1.82) is 0 Å². The summed E-state index contributed by atoms with van der Waals surface area (Å²) in [5.41, 5.74) is 0.192. The number of benzene rings is 1. The Hall–Kier alpha value is -2.34. The van der Waals surface area contributed by atoms with Gasteiger partial charge in [0.15, 0.2) is 0 Å². The summed E-state index contributed by atoms with van der Waals surface area (Å²) in [4.78, 5) is 22.9. The van der Waals surface area contributed by atoms with Crippen molar-refractivity contribution in [2.24, 2.45) is 0 Å². The fourth-order valence-corrected chi connectivity index (χ4v) is 1.84. The van der Waals surface area contributed by atoms with Gasteiger partial charge in [0.25, 0.3) is 0 Å². The molecule has 0 bridgehead atoms. The first-order valence-electron chi connectivity index (χ1n) is 5.86. The molecule has 0 aliphatic rings. The van der Waals surface area contributed by atoms with Crippen LogP contribution in [0.25, 0.3) is 0 Å². The van der Waals surface area contributed by atoms with E-state index in [1.54, 1.807) is 23.1 Å². The van der Waals surface area contributed by atoms with Crippen molar-refractivity contribution >= 4 is 29.2 Å². The minimum atomic E-state index is -1.12. The summed E-state index contributed by atoms with van der Waals surface area (Å²) in [5, 5.41) is 15.9. The number of nitrogens with one attached hydrogen (secondary N) is 1. The lowest BCUT2D eigenvalue weighted by molar-refractivity contribution is -0.116. The molecule has 1 aromatic heterocycles. The van der Waals surface area contributed by atoms with Gasteiger partial charge in [-0.25, -0.2) is 4.79 Å².